The Morgan fingerprint density at radius 3 is 2.39 bits per heavy atom. The number of halogens is 3. The summed E-state index contributed by atoms with van der Waals surface area (Å²) < 4.78 is 37.0. The number of methoxy groups -OCH3 is 1. The third-order valence-corrected chi connectivity index (χ3v) is 6.86. The summed E-state index contributed by atoms with van der Waals surface area (Å²) in [7, 11) is 1.70. The molecule has 1 atom stereocenters. The van der Waals surface area contributed by atoms with Crippen LogP contribution < -0.4 is 4.74 Å². The highest BCUT2D eigenvalue weighted by molar-refractivity contribution is 7.12. The number of amides is 1. The van der Waals surface area contributed by atoms with Crippen LogP contribution in [0.5, 0.6) is 5.75 Å². The summed E-state index contributed by atoms with van der Waals surface area (Å²) >= 11 is 1.55. The number of hydrogen-bond donors (Lipinski definition) is 1. The molecule has 2 aliphatic heterocycles. The molecular formula is C23H27F3N2O4S. The van der Waals surface area contributed by atoms with Gasteiger partial charge in [0.15, 0.2) is 0 Å². The van der Waals surface area contributed by atoms with Crippen molar-refractivity contribution in [2.24, 2.45) is 5.41 Å². The third kappa shape index (κ3) is 6.70. The Bertz CT molecular complexity index is 934. The minimum absolute atomic E-state index is 0.215. The molecule has 0 saturated carbocycles. The molecule has 1 aromatic carbocycles. The van der Waals surface area contributed by atoms with Crippen molar-refractivity contribution in [1.82, 2.24) is 9.80 Å². The monoisotopic (exact) mass is 484 g/mol. The standard InChI is InChI=1S/C21H26N2O2S.C2HF3O2/c1-25-18-7-5-17(6-8-18)14-22-12-10-21(15-22)9-3-11-23(16-21)20(24)19-4-2-13-26-19;3-2(4,5)1(6)7/h2,4-8,13H,3,9-12,14-16H2,1H3;(H,6,7). The van der Waals surface area contributed by atoms with Gasteiger partial charge in [-0.15, -0.1) is 11.3 Å². The van der Waals surface area contributed by atoms with Crippen molar-refractivity contribution in [1.29, 1.82) is 0 Å². The van der Waals surface area contributed by atoms with Gasteiger partial charge in [0.2, 0.25) is 0 Å². The number of aliphatic carboxylic acids is 1. The highest BCUT2D eigenvalue weighted by Crippen LogP contribution is 2.40. The lowest BCUT2D eigenvalue weighted by molar-refractivity contribution is -0.192. The lowest BCUT2D eigenvalue weighted by atomic mass is 9.79. The number of rotatable bonds is 4. The maximum atomic E-state index is 12.7. The molecule has 6 nitrogen and oxygen atoms in total. The second-order valence-corrected chi connectivity index (χ2v) is 9.37. The first-order valence-corrected chi connectivity index (χ1v) is 11.5. The number of carbonyl (C=O) groups is 2. The van der Waals surface area contributed by atoms with Gasteiger partial charge >= 0.3 is 12.1 Å². The largest absolute Gasteiger partial charge is 0.497 e. The van der Waals surface area contributed by atoms with E-state index in [-0.39, 0.29) is 11.3 Å². The van der Waals surface area contributed by atoms with E-state index in [9.17, 15) is 18.0 Å². The molecule has 1 unspecified atom stereocenters. The SMILES string of the molecule is COc1ccc(CN2CCC3(CCCN(C(=O)c4cccs4)C3)C2)cc1.O=C(O)C(F)(F)F. The Labute approximate surface area is 194 Å². The van der Waals surface area contributed by atoms with Crippen LogP contribution in [0, 0.1) is 5.41 Å². The van der Waals surface area contributed by atoms with Crippen molar-refractivity contribution in [2.45, 2.75) is 32.0 Å². The van der Waals surface area contributed by atoms with Gasteiger partial charge in [0.1, 0.15) is 5.75 Å². The van der Waals surface area contributed by atoms with Crippen LogP contribution in [0.3, 0.4) is 0 Å². The smallest absolute Gasteiger partial charge is 0.490 e. The van der Waals surface area contributed by atoms with Crippen LogP contribution in [0.4, 0.5) is 13.2 Å². The van der Waals surface area contributed by atoms with Gasteiger partial charge in [-0.1, -0.05) is 18.2 Å². The number of carboxylic acids is 1. The van der Waals surface area contributed by atoms with Crippen LogP contribution in [-0.4, -0.2) is 66.2 Å². The number of thiophene rings is 1. The molecule has 1 spiro atoms. The lowest BCUT2D eigenvalue weighted by Crippen LogP contribution is -2.47. The molecule has 2 saturated heterocycles. The number of hydrogen-bond acceptors (Lipinski definition) is 5. The lowest BCUT2D eigenvalue weighted by Gasteiger charge is -2.40. The average Bonchev–Trinajstić information content (AvgIpc) is 3.44. The van der Waals surface area contributed by atoms with Crippen LogP contribution in [0.15, 0.2) is 41.8 Å². The zero-order valence-corrected chi connectivity index (χ0v) is 19.1. The summed E-state index contributed by atoms with van der Waals surface area (Å²) in [4.78, 5) is 27.1. The summed E-state index contributed by atoms with van der Waals surface area (Å²) in [6, 6.07) is 12.3. The second-order valence-electron chi connectivity index (χ2n) is 8.42. The Morgan fingerprint density at radius 1 is 1.12 bits per heavy atom. The van der Waals surface area contributed by atoms with E-state index in [0.29, 0.717) is 0 Å². The normalized spacial score (nSPS) is 20.9. The van der Waals surface area contributed by atoms with E-state index in [2.05, 4.69) is 21.9 Å². The Morgan fingerprint density at radius 2 is 1.82 bits per heavy atom. The molecule has 2 aliphatic rings. The van der Waals surface area contributed by atoms with Crippen LogP contribution in [0.25, 0.3) is 0 Å². The molecular weight excluding hydrogens is 457 g/mol. The Kier molecular flexibility index (Phi) is 8.01. The molecule has 2 aromatic rings. The van der Waals surface area contributed by atoms with Gasteiger partial charge in [-0.25, -0.2) is 4.79 Å². The molecule has 0 radical (unpaired) electrons. The van der Waals surface area contributed by atoms with Crippen molar-refractivity contribution in [3.63, 3.8) is 0 Å². The first-order chi connectivity index (χ1) is 15.6. The number of benzene rings is 1. The molecule has 1 aromatic heterocycles. The number of carboxylic acid groups (broad SMARTS) is 1. The highest BCUT2D eigenvalue weighted by Gasteiger charge is 2.42. The van der Waals surface area contributed by atoms with Crippen LogP contribution in [0.2, 0.25) is 0 Å². The Balaban J connectivity index is 0.000000383. The number of nitrogens with zero attached hydrogens (tertiary/aromatic N) is 2. The predicted molar refractivity (Wildman–Crippen MR) is 118 cm³/mol. The van der Waals surface area contributed by atoms with Gasteiger partial charge in [-0.3, -0.25) is 9.69 Å². The predicted octanol–water partition coefficient (Wildman–Crippen LogP) is 4.52. The fraction of sp³-hybridized carbons (Fsp3) is 0.478. The maximum absolute atomic E-state index is 12.7. The average molecular weight is 485 g/mol. The van der Waals surface area contributed by atoms with Crippen LogP contribution in [0.1, 0.15) is 34.5 Å². The number of ether oxygens (including phenoxy) is 1. The van der Waals surface area contributed by atoms with E-state index in [0.717, 1.165) is 49.8 Å². The first-order valence-electron chi connectivity index (χ1n) is 10.6. The summed E-state index contributed by atoms with van der Waals surface area (Å²) in [6.45, 7) is 4.99. The zero-order chi connectivity index (χ0) is 24.1. The molecule has 33 heavy (non-hydrogen) atoms. The first kappa shape index (κ1) is 25.0. The number of alkyl halides is 3. The van der Waals surface area contributed by atoms with Crippen LogP contribution in [-0.2, 0) is 11.3 Å². The summed E-state index contributed by atoms with van der Waals surface area (Å²) in [5, 5.41) is 9.11. The van der Waals surface area contributed by atoms with E-state index in [1.54, 1.807) is 18.4 Å². The van der Waals surface area contributed by atoms with Gasteiger partial charge in [0, 0.05) is 31.6 Å². The van der Waals surface area contributed by atoms with E-state index in [1.165, 1.54) is 18.4 Å². The molecule has 3 heterocycles. The molecule has 0 aliphatic carbocycles. The second kappa shape index (κ2) is 10.6. The minimum atomic E-state index is -5.08. The molecule has 1 N–H and O–H groups in total. The maximum Gasteiger partial charge on any atom is 0.490 e. The fourth-order valence-corrected chi connectivity index (χ4v) is 5.11. The van der Waals surface area contributed by atoms with Gasteiger partial charge in [0.05, 0.1) is 12.0 Å². The van der Waals surface area contributed by atoms with E-state index >= 15 is 0 Å². The van der Waals surface area contributed by atoms with E-state index < -0.39 is 12.1 Å². The van der Waals surface area contributed by atoms with Gasteiger partial charge < -0.3 is 14.7 Å². The summed E-state index contributed by atoms with van der Waals surface area (Å²) in [5.41, 5.74) is 1.60. The number of likely N-dealkylation sites (tertiary alicyclic amines) is 2. The highest BCUT2D eigenvalue weighted by atomic mass is 32.1. The van der Waals surface area contributed by atoms with Crippen molar-refractivity contribution < 1.29 is 32.6 Å². The van der Waals surface area contributed by atoms with Gasteiger partial charge in [-0.05, 0) is 54.9 Å². The van der Waals surface area contributed by atoms with E-state index in [1.807, 2.05) is 29.6 Å². The van der Waals surface area contributed by atoms with Gasteiger partial charge in [0.25, 0.3) is 5.91 Å². The molecule has 4 rings (SSSR count). The zero-order valence-electron chi connectivity index (χ0n) is 18.3. The van der Waals surface area contributed by atoms with Crippen LogP contribution >= 0.6 is 11.3 Å². The fourth-order valence-electron chi connectivity index (χ4n) is 4.42. The molecule has 180 valence electrons. The van der Waals surface area contributed by atoms with Crippen molar-refractivity contribution in [3.8, 4) is 5.75 Å². The molecule has 2 fully saturated rings. The third-order valence-electron chi connectivity index (χ3n) is 6.01. The molecule has 1 amide bonds. The van der Waals surface area contributed by atoms with Gasteiger partial charge in [-0.2, -0.15) is 13.2 Å². The van der Waals surface area contributed by atoms with Crippen molar-refractivity contribution >= 4 is 23.2 Å². The molecule has 10 heteroatoms. The summed E-state index contributed by atoms with van der Waals surface area (Å²) in [6.07, 6.45) is -1.54. The Hall–Kier alpha value is -2.59. The number of carbonyl (C=O) groups excluding carboxylic acids is 1. The summed E-state index contributed by atoms with van der Waals surface area (Å²) in [5.74, 6) is -1.64. The topological polar surface area (TPSA) is 70.1 Å². The van der Waals surface area contributed by atoms with E-state index in [4.69, 9.17) is 14.6 Å². The minimum Gasteiger partial charge on any atom is -0.497 e. The number of piperidine rings is 1. The van der Waals surface area contributed by atoms with Crippen molar-refractivity contribution in [2.75, 3.05) is 33.3 Å². The molecule has 0 bridgehead atoms. The quantitative estimate of drug-likeness (QED) is 0.691. The van der Waals surface area contributed by atoms with Crippen molar-refractivity contribution in [3.05, 3.63) is 52.2 Å².